The zero-order valence-corrected chi connectivity index (χ0v) is 22.8. The van der Waals surface area contributed by atoms with Crippen molar-refractivity contribution in [1.29, 1.82) is 0 Å². The monoisotopic (exact) mass is 451 g/mol. The molecule has 29 heavy (non-hydrogen) atoms. The van der Waals surface area contributed by atoms with Crippen molar-refractivity contribution in [2.45, 2.75) is 143 Å². The SMILES string of the molecule is CCCCCCCC[PH](CCCCCCCC)(CCCCCCCC)NCC.Cl. The van der Waals surface area contributed by atoms with E-state index in [4.69, 9.17) is 0 Å². The minimum Gasteiger partial charge on any atom is -0.147 e. The molecule has 180 valence electrons. The molecule has 0 bridgehead atoms. The summed E-state index contributed by atoms with van der Waals surface area (Å²) in [5.41, 5.74) is 0. The smallest absolute Gasteiger partial charge is 0.147 e. The van der Waals surface area contributed by atoms with Crippen LogP contribution in [0.25, 0.3) is 0 Å². The summed E-state index contributed by atoms with van der Waals surface area (Å²) in [5.74, 6) is 0. The summed E-state index contributed by atoms with van der Waals surface area (Å²) in [6.45, 7) is 10.5. The van der Waals surface area contributed by atoms with Crippen molar-refractivity contribution < 1.29 is 0 Å². The first-order valence-corrected chi connectivity index (χ1v) is 16.1. The molecule has 0 saturated carbocycles. The van der Waals surface area contributed by atoms with Crippen LogP contribution in [0.1, 0.15) is 143 Å². The van der Waals surface area contributed by atoms with Crippen molar-refractivity contribution in [2.24, 2.45) is 0 Å². The fourth-order valence-electron chi connectivity index (χ4n) is 4.75. The van der Waals surface area contributed by atoms with Crippen molar-refractivity contribution in [3.63, 3.8) is 0 Å². The second kappa shape index (κ2) is 24.9. The first-order valence-electron chi connectivity index (χ1n) is 13.5. The van der Waals surface area contributed by atoms with Gasteiger partial charge >= 0.3 is 181 Å². The van der Waals surface area contributed by atoms with Gasteiger partial charge in [-0.15, -0.1) is 12.4 Å². The predicted molar refractivity (Wildman–Crippen MR) is 144 cm³/mol. The number of hydrogen-bond acceptors (Lipinski definition) is 1. The fraction of sp³-hybridized carbons (Fsp3) is 1.00. The van der Waals surface area contributed by atoms with E-state index >= 15 is 0 Å². The molecule has 0 aliphatic carbocycles. The van der Waals surface area contributed by atoms with Gasteiger partial charge in [-0.3, -0.25) is 0 Å². The average molecular weight is 452 g/mol. The number of nitrogens with one attached hydrogen (secondary N) is 1. The quantitative estimate of drug-likeness (QED) is 0.120. The van der Waals surface area contributed by atoms with Crippen molar-refractivity contribution in [3.8, 4) is 0 Å². The second-order valence-corrected chi connectivity index (χ2v) is 13.8. The van der Waals surface area contributed by atoms with E-state index in [-0.39, 0.29) is 12.4 Å². The minimum absolute atomic E-state index is 0. The van der Waals surface area contributed by atoms with E-state index in [0.717, 1.165) is 0 Å². The van der Waals surface area contributed by atoms with Gasteiger partial charge in [0.05, 0.1) is 0 Å². The van der Waals surface area contributed by atoms with Gasteiger partial charge in [0.15, 0.2) is 0 Å². The Morgan fingerprint density at radius 3 is 0.966 bits per heavy atom. The molecule has 0 atom stereocenters. The number of hydrogen-bond donors (Lipinski definition) is 1. The summed E-state index contributed by atoms with van der Waals surface area (Å²) in [7, 11) is -1.25. The number of unbranched alkanes of at least 4 members (excludes halogenated alkanes) is 15. The summed E-state index contributed by atoms with van der Waals surface area (Å²) < 4.78 is 0. The van der Waals surface area contributed by atoms with E-state index < -0.39 is 7.41 Å². The van der Waals surface area contributed by atoms with Crippen LogP contribution in [0.5, 0.6) is 0 Å². The molecule has 0 aliphatic heterocycles. The first kappa shape index (κ1) is 31.9. The normalized spacial score (nSPS) is 12.1. The number of halogens is 1. The van der Waals surface area contributed by atoms with Gasteiger partial charge in [0.1, 0.15) is 0 Å². The van der Waals surface area contributed by atoms with Gasteiger partial charge in [-0.1, -0.05) is 0 Å². The Morgan fingerprint density at radius 2 is 0.690 bits per heavy atom. The molecule has 0 amide bonds. The first-order chi connectivity index (χ1) is 13.7. The van der Waals surface area contributed by atoms with Gasteiger partial charge in [-0.25, -0.2) is 0 Å². The van der Waals surface area contributed by atoms with Gasteiger partial charge in [0, 0.05) is 0 Å². The summed E-state index contributed by atoms with van der Waals surface area (Å²) in [4.78, 5) is 0. The van der Waals surface area contributed by atoms with Crippen molar-refractivity contribution >= 4 is 19.8 Å². The van der Waals surface area contributed by atoms with Crippen LogP contribution in [-0.2, 0) is 0 Å². The molecular weight excluding hydrogens is 393 g/mol. The Balaban J connectivity index is 0. The molecule has 0 aromatic rings. The molecule has 0 spiro atoms. The third-order valence-electron chi connectivity index (χ3n) is 6.58. The average Bonchev–Trinajstić information content (AvgIpc) is 2.70. The Bertz CT molecular complexity index is 258. The fourth-order valence-corrected chi connectivity index (χ4v) is 9.56. The Hall–Kier alpha value is 0.680. The molecule has 0 fully saturated rings. The summed E-state index contributed by atoms with van der Waals surface area (Å²) in [6.07, 6.45) is 30.8. The van der Waals surface area contributed by atoms with Crippen molar-refractivity contribution in [2.75, 3.05) is 25.0 Å². The standard InChI is InChI=1S/C26H58NP.ClH/c1-5-9-12-15-18-21-24-28(27-8-4,25-22-19-16-13-10-6-2)26-23-20-17-14-11-7-3;/h27-28H,5-26H2,1-4H3;1H. The van der Waals surface area contributed by atoms with E-state index in [1.165, 1.54) is 122 Å². The second-order valence-electron chi connectivity index (χ2n) is 9.36. The van der Waals surface area contributed by atoms with E-state index in [1.54, 1.807) is 18.5 Å². The molecule has 3 heteroatoms. The molecule has 0 unspecified atom stereocenters. The zero-order chi connectivity index (χ0) is 20.8. The molecule has 0 aliphatic rings. The van der Waals surface area contributed by atoms with E-state index in [9.17, 15) is 0 Å². The Labute approximate surface area is 193 Å². The maximum Gasteiger partial charge on any atom is -0.147 e. The molecule has 1 nitrogen and oxygen atoms in total. The van der Waals surface area contributed by atoms with Crippen LogP contribution in [0.2, 0.25) is 0 Å². The molecular formula is C26H59ClNP. The Morgan fingerprint density at radius 1 is 0.414 bits per heavy atom. The summed E-state index contributed by atoms with van der Waals surface area (Å²) >= 11 is 0. The third-order valence-corrected chi connectivity index (χ3v) is 11.6. The van der Waals surface area contributed by atoms with Crippen LogP contribution < -0.4 is 5.09 Å². The largest absolute Gasteiger partial charge is 0.147 e. The van der Waals surface area contributed by atoms with Crippen molar-refractivity contribution in [1.82, 2.24) is 5.09 Å². The van der Waals surface area contributed by atoms with Crippen LogP contribution in [0.3, 0.4) is 0 Å². The van der Waals surface area contributed by atoms with Crippen molar-refractivity contribution in [3.05, 3.63) is 0 Å². The maximum atomic E-state index is 4.14. The predicted octanol–water partition coefficient (Wildman–Crippen LogP) is 9.76. The van der Waals surface area contributed by atoms with Gasteiger partial charge in [0.25, 0.3) is 0 Å². The van der Waals surface area contributed by atoms with Gasteiger partial charge in [-0.05, 0) is 0 Å². The Kier molecular flexibility index (Phi) is 27.4. The van der Waals surface area contributed by atoms with E-state index in [1.807, 2.05) is 0 Å². The van der Waals surface area contributed by atoms with Gasteiger partial charge < -0.3 is 0 Å². The third kappa shape index (κ3) is 20.3. The molecule has 0 aromatic carbocycles. The van der Waals surface area contributed by atoms with E-state index in [2.05, 4.69) is 32.8 Å². The summed E-state index contributed by atoms with van der Waals surface area (Å²) in [6, 6.07) is 0. The molecule has 0 saturated heterocycles. The van der Waals surface area contributed by atoms with Crippen LogP contribution in [-0.4, -0.2) is 25.0 Å². The van der Waals surface area contributed by atoms with Gasteiger partial charge in [-0.2, -0.15) is 0 Å². The molecule has 0 radical (unpaired) electrons. The van der Waals surface area contributed by atoms with Crippen LogP contribution >= 0.6 is 19.8 Å². The zero-order valence-electron chi connectivity index (χ0n) is 21.0. The summed E-state index contributed by atoms with van der Waals surface area (Å²) in [5, 5.41) is 4.14. The van der Waals surface area contributed by atoms with Crippen LogP contribution in [0.15, 0.2) is 0 Å². The maximum absolute atomic E-state index is 4.14. The van der Waals surface area contributed by atoms with Crippen LogP contribution in [0.4, 0.5) is 0 Å². The molecule has 0 rings (SSSR count). The van der Waals surface area contributed by atoms with Gasteiger partial charge in [0.2, 0.25) is 0 Å². The molecule has 1 N–H and O–H groups in total. The molecule has 0 heterocycles. The van der Waals surface area contributed by atoms with Crippen LogP contribution in [0, 0.1) is 0 Å². The van der Waals surface area contributed by atoms with E-state index in [0.29, 0.717) is 0 Å². The molecule has 0 aromatic heterocycles. The topological polar surface area (TPSA) is 12.0 Å². The number of rotatable bonds is 23. The minimum atomic E-state index is -1.25.